The number of aromatic nitrogens is 1. The second-order valence-electron chi connectivity index (χ2n) is 3.22. The molecular weight excluding hydrogens is 165 g/mol. The maximum atomic E-state index is 12.9. The van der Waals surface area contributed by atoms with Crippen molar-refractivity contribution in [1.82, 2.24) is 4.98 Å². The van der Waals surface area contributed by atoms with Gasteiger partial charge in [0.15, 0.2) is 0 Å². The maximum absolute atomic E-state index is 12.9. The zero-order valence-electron chi connectivity index (χ0n) is 7.63. The largest absolute Gasteiger partial charge is 0.261 e. The summed E-state index contributed by atoms with van der Waals surface area (Å²) in [5.41, 5.74) is 1.96. The van der Waals surface area contributed by atoms with E-state index in [0.29, 0.717) is 0 Å². The van der Waals surface area contributed by atoms with Crippen LogP contribution in [0.3, 0.4) is 0 Å². The molecular formula is C11H10FN. The van der Waals surface area contributed by atoms with E-state index in [1.807, 2.05) is 20.0 Å². The lowest BCUT2D eigenvalue weighted by molar-refractivity contribution is 0.629. The van der Waals surface area contributed by atoms with Crippen LogP contribution in [0, 0.1) is 19.7 Å². The Hall–Kier alpha value is -1.44. The Balaban J connectivity index is 2.92. The Kier molecular flexibility index (Phi) is 1.76. The second kappa shape index (κ2) is 2.80. The Bertz CT molecular complexity index is 463. The average molecular weight is 175 g/mol. The molecule has 0 bridgehead atoms. The second-order valence-corrected chi connectivity index (χ2v) is 3.22. The number of hydrogen-bond donors (Lipinski definition) is 0. The molecule has 13 heavy (non-hydrogen) atoms. The third kappa shape index (κ3) is 1.28. The number of aryl methyl sites for hydroxylation is 2. The summed E-state index contributed by atoms with van der Waals surface area (Å²) in [5, 5.41) is 1.98. The molecule has 0 saturated carbocycles. The van der Waals surface area contributed by atoms with E-state index in [1.54, 1.807) is 6.07 Å². The molecule has 0 spiro atoms. The molecule has 1 heterocycles. The molecule has 1 nitrogen and oxygen atoms in total. The summed E-state index contributed by atoms with van der Waals surface area (Å²) < 4.78 is 12.9. The van der Waals surface area contributed by atoms with E-state index < -0.39 is 0 Å². The van der Waals surface area contributed by atoms with Gasteiger partial charge in [0.05, 0.1) is 0 Å². The molecule has 0 fully saturated rings. The normalized spacial score (nSPS) is 10.7. The van der Waals surface area contributed by atoms with Gasteiger partial charge in [0, 0.05) is 17.3 Å². The highest BCUT2D eigenvalue weighted by Crippen LogP contribution is 2.20. The first kappa shape index (κ1) is 8.17. The summed E-state index contributed by atoms with van der Waals surface area (Å²) >= 11 is 0. The van der Waals surface area contributed by atoms with E-state index in [0.717, 1.165) is 22.0 Å². The van der Waals surface area contributed by atoms with Crippen molar-refractivity contribution in [2.75, 3.05) is 0 Å². The first-order chi connectivity index (χ1) is 6.18. The van der Waals surface area contributed by atoms with E-state index >= 15 is 0 Å². The van der Waals surface area contributed by atoms with Gasteiger partial charge in [-0.15, -0.1) is 0 Å². The summed E-state index contributed by atoms with van der Waals surface area (Å²) in [6.07, 6.45) is 1.82. The van der Waals surface area contributed by atoms with Gasteiger partial charge in [-0.1, -0.05) is 6.07 Å². The number of fused-ring (bicyclic) bond motifs is 1. The molecule has 1 aromatic carbocycles. The van der Waals surface area contributed by atoms with Gasteiger partial charge in [-0.25, -0.2) is 4.39 Å². The van der Waals surface area contributed by atoms with Gasteiger partial charge < -0.3 is 0 Å². The van der Waals surface area contributed by atoms with Gasteiger partial charge in [0.1, 0.15) is 5.82 Å². The van der Waals surface area contributed by atoms with Crippen molar-refractivity contribution in [3.8, 4) is 0 Å². The van der Waals surface area contributed by atoms with Crippen LogP contribution in [0.5, 0.6) is 0 Å². The van der Waals surface area contributed by atoms with Crippen LogP contribution in [-0.2, 0) is 0 Å². The van der Waals surface area contributed by atoms with E-state index in [4.69, 9.17) is 0 Å². The van der Waals surface area contributed by atoms with Crippen LogP contribution >= 0.6 is 0 Å². The van der Waals surface area contributed by atoms with Gasteiger partial charge in [-0.3, -0.25) is 4.98 Å². The standard InChI is InChI=1S/C11H10FN/c1-7-6-13-8(2)11-5-9(12)3-4-10(7)11/h3-6H,1-2H3. The van der Waals surface area contributed by atoms with Crippen LogP contribution in [0.4, 0.5) is 4.39 Å². The lowest BCUT2D eigenvalue weighted by atomic mass is 10.1. The SMILES string of the molecule is Cc1cnc(C)c2cc(F)ccc12. The molecule has 0 aliphatic carbocycles. The fourth-order valence-corrected chi connectivity index (χ4v) is 1.49. The summed E-state index contributed by atoms with van der Waals surface area (Å²) in [6, 6.07) is 4.81. The Morgan fingerprint density at radius 1 is 1.15 bits per heavy atom. The van der Waals surface area contributed by atoms with E-state index in [2.05, 4.69) is 4.98 Å². The molecule has 0 amide bonds. The van der Waals surface area contributed by atoms with Crippen molar-refractivity contribution >= 4 is 10.8 Å². The van der Waals surface area contributed by atoms with Crippen LogP contribution < -0.4 is 0 Å². The molecule has 0 saturated heterocycles. The first-order valence-corrected chi connectivity index (χ1v) is 4.20. The fraction of sp³-hybridized carbons (Fsp3) is 0.182. The number of halogens is 1. The predicted octanol–water partition coefficient (Wildman–Crippen LogP) is 2.99. The lowest BCUT2D eigenvalue weighted by Gasteiger charge is -2.03. The highest BCUT2D eigenvalue weighted by molar-refractivity contribution is 5.87. The minimum atomic E-state index is -0.206. The quantitative estimate of drug-likeness (QED) is 0.599. The number of benzene rings is 1. The van der Waals surface area contributed by atoms with Crippen molar-refractivity contribution in [2.24, 2.45) is 0 Å². The zero-order valence-corrected chi connectivity index (χ0v) is 7.63. The summed E-state index contributed by atoms with van der Waals surface area (Å²) in [7, 11) is 0. The molecule has 0 unspecified atom stereocenters. The summed E-state index contributed by atoms with van der Waals surface area (Å²) in [4.78, 5) is 4.18. The molecule has 66 valence electrons. The Morgan fingerprint density at radius 3 is 2.69 bits per heavy atom. The van der Waals surface area contributed by atoms with Crippen LogP contribution in [-0.4, -0.2) is 4.98 Å². The average Bonchev–Trinajstić information content (AvgIpc) is 2.12. The van der Waals surface area contributed by atoms with Crippen LogP contribution in [0.1, 0.15) is 11.3 Å². The van der Waals surface area contributed by atoms with Gasteiger partial charge >= 0.3 is 0 Å². The van der Waals surface area contributed by atoms with Crippen molar-refractivity contribution in [1.29, 1.82) is 0 Å². The van der Waals surface area contributed by atoms with Crippen LogP contribution in [0.15, 0.2) is 24.4 Å². The molecule has 1 aromatic heterocycles. The van der Waals surface area contributed by atoms with Crippen LogP contribution in [0.25, 0.3) is 10.8 Å². The molecule has 2 heteroatoms. The topological polar surface area (TPSA) is 12.9 Å². The number of pyridine rings is 1. The summed E-state index contributed by atoms with van der Waals surface area (Å²) in [6.45, 7) is 3.87. The summed E-state index contributed by atoms with van der Waals surface area (Å²) in [5.74, 6) is -0.206. The van der Waals surface area contributed by atoms with Gasteiger partial charge in [-0.05, 0) is 36.9 Å². The monoisotopic (exact) mass is 175 g/mol. The highest BCUT2D eigenvalue weighted by Gasteiger charge is 2.02. The molecule has 0 N–H and O–H groups in total. The number of nitrogens with zero attached hydrogens (tertiary/aromatic N) is 1. The van der Waals surface area contributed by atoms with E-state index in [-0.39, 0.29) is 5.82 Å². The van der Waals surface area contributed by atoms with Gasteiger partial charge in [0.2, 0.25) is 0 Å². The van der Waals surface area contributed by atoms with Crippen molar-refractivity contribution in [2.45, 2.75) is 13.8 Å². The smallest absolute Gasteiger partial charge is 0.123 e. The number of hydrogen-bond acceptors (Lipinski definition) is 1. The Labute approximate surface area is 76.2 Å². The van der Waals surface area contributed by atoms with E-state index in [9.17, 15) is 4.39 Å². The van der Waals surface area contributed by atoms with Crippen molar-refractivity contribution < 1.29 is 4.39 Å². The molecule has 0 radical (unpaired) electrons. The lowest BCUT2D eigenvalue weighted by Crippen LogP contribution is -1.88. The van der Waals surface area contributed by atoms with Gasteiger partial charge in [-0.2, -0.15) is 0 Å². The molecule has 0 atom stereocenters. The highest BCUT2D eigenvalue weighted by atomic mass is 19.1. The molecule has 0 aliphatic heterocycles. The van der Waals surface area contributed by atoms with E-state index in [1.165, 1.54) is 12.1 Å². The zero-order chi connectivity index (χ0) is 9.42. The van der Waals surface area contributed by atoms with Crippen LogP contribution in [0.2, 0.25) is 0 Å². The predicted molar refractivity (Wildman–Crippen MR) is 51.2 cm³/mol. The van der Waals surface area contributed by atoms with Crippen molar-refractivity contribution in [3.05, 3.63) is 41.5 Å². The minimum Gasteiger partial charge on any atom is -0.261 e. The third-order valence-electron chi connectivity index (χ3n) is 2.25. The Morgan fingerprint density at radius 2 is 1.92 bits per heavy atom. The van der Waals surface area contributed by atoms with Crippen molar-refractivity contribution in [3.63, 3.8) is 0 Å². The molecule has 2 rings (SSSR count). The number of rotatable bonds is 0. The first-order valence-electron chi connectivity index (χ1n) is 4.20. The minimum absolute atomic E-state index is 0.206. The fourth-order valence-electron chi connectivity index (χ4n) is 1.49. The third-order valence-corrected chi connectivity index (χ3v) is 2.25. The molecule has 0 aliphatic rings. The van der Waals surface area contributed by atoms with Gasteiger partial charge in [0.25, 0.3) is 0 Å². The molecule has 2 aromatic rings. The maximum Gasteiger partial charge on any atom is 0.123 e.